The molecular formula is C13H18O2S2. The van der Waals surface area contributed by atoms with Crippen molar-refractivity contribution >= 4 is 23.1 Å². The first-order valence-electron chi connectivity index (χ1n) is 6.21. The molecule has 2 fully saturated rings. The van der Waals surface area contributed by atoms with E-state index in [-0.39, 0.29) is 11.7 Å². The maximum atomic E-state index is 10.4. The number of thioether (sulfide) groups is 1. The van der Waals surface area contributed by atoms with Crippen LogP contribution in [0.15, 0.2) is 16.8 Å². The Morgan fingerprint density at radius 2 is 2.47 bits per heavy atom. The van der Waals surface area contributed by atoms with Gasteiger partial charge < -0.3 is 9.84 Å². The molecule has 3 rings (SSSR count). The van der Waals surface area contributed by atoms with E-state index >= 15 is 0 Å². The van der Waals surface area contributed by atoms with Gasteiger partial charge in [0.25, 0.3) is 0 Å². The second-order valence-electron chi connectivity index (χ2n) is 5.09. The molecule has 3 atom stereocenters. The number of ether oxygens (including phenoxy) is 1. The number of aliphatic hydroxyl groups is 1. The summed E-state index contributed by atoms with van der Waals surface area (Å²) in [5.74, 6) is 2.69. The minimum absolute atomic E-state index is 0.0740. The number of thiophene rings is 1. The van der Waals surface area contributed by atoms with Crippen molar-refractivity contribution in [3.63, 3.8) is 0 Å². The van der Waals surface area contributed by atoms with Crippen LogP contribution in [-0.4, -0.2) is 28.8 Å². The highest BCUT2D eigenvalue weighted by Gasteiger charge is 2.42. The van der Waals surface area contributed by atoms with E-state index in [1.165, 1.54) is 5.75 Å². The van der Waals surface area contributed by atoms with Crippen LogP contribution in [0.1, 0.15) is 30.9 Å². The fraction of sp³-hybridized carbons (Fsp3) is 0.692. The van der Waals surface area contributed by atoms with E-state index < -0.39 is 0 Å². The first kappa shape index (κ1) is 12.0. The van der Waals surface area contributed by atoms with Gasteiger partial charge in [0.2, 0.25) is 0 Å². The van der Waals surface area contributed by atoms with Crippen LogP contribution in [0.25, 0.3) is 0 Å². The monoisotopic (exact) mass is 270 g/mol. The zero-order valence-electron chi connectivity index (χ0n) is 9.80. The Labute approximate surface area is 110 Å². The maximum absolute atomic E-state index is 10.4. The lowest BCUT2D eigenvalue weighted by Crippen LogP contribution is -2.41. The van der Waals surface area contributed by atoms with E-state index in [0.717, 1.165) is 37.2 Å². The predicted octanol–water partition coefficient (Wildman–Crippen LogP) is 3.08. The van der Waals surface area contributed by atoms with Crippen molar-refractivity contribution in [2.45, 2.75) is 31.0 Å². The van der Waals surface area contributed by atoms with Crippen molar-refractivity contribution in [1.82, 2.24) is 0 Å². The van der Waals surface area contributed by atoms with Crippen LogP contribution in [0.4, 0.5) is 0 Å². The van der Waals surface area contributed by atoms with Crippen LogP contribution in [0.5, 0.6) is 0 Å². The topological polar surface area (TPSA) is 29.5 Å². The summed E-state index contributed by atoms with van der Waals surface area (Å²) in [4.78, 5) is 0. The Bertz CT molecular complexity index is 358. The van der Waals surface area contributed by atoms with Gasteiger partial charge >= 0.3 is 0 Å². The van der Waals surface area contributed by atoms with Crippen molar-refractivity contribution in [1.29, 1.82) is 0 Å². The Balaban J connectivity index is 1.71. The van der Waals surface area contributed by atoms with Crippen molar-refractivity contribution in [2.75, 3.05) is 18.1 Å². The number of hydrogen-bond acceptors (Lipinski definition) is 4. The maximum Gasteiger partial charge on any atom is 0.0828 e. The van der Waals surface area contributed by atoms with Crippen molar-refractivity contribution in [3.8, 4) is 0 Å². The van der Waals surface area contributed by atoms with Gasteiger partial charge in [-0.05, 0) is 53.3 Å². The van der Waals surface area contributed by atoms with E-state index in [1.54, 1.807) is 11.3 Å². The van der Waals surface area contributed by atoms with Gasteiger partial charge in [-0.3, -0.25) is 0 Å². The highest BCUT2D eigenvalue weighted by molar-refractivity contribution is 7.99. The first-order chi connectivity index (χ1) is 8.29. The molecule has 3 unspecified atom stereocenters. The Kier molecular flexibility index (Phi) is 3.48. The second-order valence-corrected chi connectivity index (χ2v) is 6.97. The second kappa shape index (κ2) is 4.92. The molecule has 0 bridgehead atoms. The standard InChI is InChI=1S/C13H18O2S2/c14-12(11-2-5-16-8-11)10-1-4-15-13(7-10)3-6-17-9-13/h2,5,8,10,12,14H,1,3-4,6-7,9H2. The molecule has 1 aromatic rings. The smallest absolute Gasteiger partial charge is 0.0828 e. The highest BCUT2D eigenvalue weighted by atomic mass is 32.2. The third-order valence-corrected chi connectivity index (χ3v) is 5.85. The van der Waals surface area contributed by atoms with Gasteiger partial charge in [0.1, 0.15) is 0 Å². The molecular weight excluding hydrogens is 252 g/mol. The largest absolute Gasteiger partial charge is 0.388 e. The Morgan fingerprint density at radius 1 is 1.53 bits per heavy atom. The third kappa shape index (κ3) is 2.41. The van der Waals surface area contributed by atoms with Crippen molar-refractivity contribution in [3.05, 3.63) is 22.4 Å². The van der Waals surface area contributed by atoms with E-state index in [1.807, 2.05) is 23.2 Å². The molecule has 2 nitrogen and oxygen atoms in total. The van der Waals surface area contributed by atoms with Crippen molar-refractivity contribution in [2.24, 2.45) is 5.92 Å². The van der Waals surface area contributed by atoms with Gasteiger partial charge in [0.15, 0.2) is 0 Å². The van der Waals surface area contributed by atoms with E-state index in [0.29, 0.717) is 5.92 Å². The average Bonchev–Trinajstić information content (AvgIpc) is 3.00. The number of rotatable bonds is 2. The summed E-state index contributed by atoms with van der Waals surface area (Å²) in [7, 11) is 0. The first-order valence-corrected chi connectivity index (χ1v) is 8.31. The molecule has 2 saturated heterocycles. The molecule has 2 aliphatic rings. The lowest BCUT2D eigenvalue weighted by molar-refractivity contribution is -0.102. The van der Waals surface area contributed by atoms with Crippen LogP contribution >= 0.6 is 23.1 Å². The average molecular weight is 270 g/mol. The summed E-state index contributed by atoms with van der Waals surface area (Å²) >= 11 is 3.65. The lowest BCUT2D eigenvalue weighted by atomic mass is 9.81. The predicted molar refractivity (Wildman–Crippen MR) is 72.6 cm³/mol. The third-order valence-electron chi connectivity index (χ3n) is 3.93. The molecule has 1 spiro atoms. The lowest BCUT2D eigenvalue weighted by Gasteiger charge is -2.39. The van der Waals surface area contributed by atoms with E-state index in [4.69, 9.17) is 4.74 Å². The summed E-state index contributed by atoms with van der Waals surface area (Å²) in [6, 6.07) is 2.04. The molecule has 0 aromatic carbocycles. The summed E-state index contributed by atoms with van der Waals surface area (Å²) in [6.07, 6.45) is 2.87. The molecule has 17 heavy (non-hydrogen) atoms. The molecule has 94 valence electrons. The molecule has 4 heteroatoms. The summed E-state index contributed by atoms with van der Waals surface area (Å²) in [5.41, 5.74) is 1.16. The molecule has 2 aliphatic heterocycles. The minimum Gasteiger partial charge on any atom is -0.388 e. The Morgan fingerprint density at radius 3 is 3.18 bits per heavy atom. The minimum atomic E-state index is -0.298. The van der Waals surface area contributed by atoms with Gasteiger partial charge in [0, 0.05) is 12.4 Å². The number of aliphatic hydroxyl groups excluding tert-OH is 1. The Hall–Kier alpha value is -0.0300. The molecule has 3 heterocycles. The quantitative estimate of drug-likeness (QED) is 0.895. The molecule has 1 N–H and O–H groups in total. The fourth-order valence-electron chi connectivity index (χ4n) is 2.91. The van der Waals surface area contributed by atoms with Crippen LogP contribution in [0.2, 0.25) is 0 Å². The highest BCUT2D eigenvalue weighted by Crippen LogP contribution is 2.44. The van der Waals surface area contributed by atoms with E-state index in [9.17, 15) is 5.11 Å². The molecule has 1 aromatic heterocycles. The molecule has 0 radical (unpaired) electrons. The van der Waals surface area contributed by atoms with Gasteiger partial charge in [-0.2, -0.15) is 23.1 Å². The number of hydrogen-bond donors (Lipinski definition) is 1. The van der Waals surface area contributed by atoms with Crippen LogP contribution in [0.3, 0.4) is 0 Å². The van der Waals surface area contributed by atoms with Crippen LogP contribution < -0.4 is 0 Å². The normalized spacial score (nSPS) is 35.2. The van der Waals surface area contributed by atoms with Gasteiger partial charge in [-0.1, -0.05) is 0 Å². The van der Waals surface area contributed by atoms with Crippen LogP contribution in [0, 0.1) is 5.92 Å². The summed E-state index contributed by atoms with van der Waals surface area (Å²) in [5, 5.41) is 14.5. The zero-order chi connectivity index (χ0) is 11.7. The van der Waals surface area contributed by atoms with Gasteiger partial charge in [-0.25, -0.2) is 0 Å². The molecule has 0 aliphatic carbocycles. The summed E-state index contributed by atoms with van der Waals surface area (Å²) in [6.45, 7) is 0.812. The van der Waals surface area contributed by atoms with Crippen molar-refractivity contribution < 1.29 is 9.84 Å². The van der Waals surface area contributed by atoms with Crippen LogP contribution in [-0.2, 0) is 4.74 Å². The van der Waals surface area contributed by atoms with Gasteiger partial charge in [-0.15, -0.1) is 0 Å². The van der Waals surface area contributed by atoms with E-state index in [2.05, 4.69) is 5.38 Å². The molecule has 0 amide bonds. The van der Waals surface area contributed by atoms with Gasteiger partial charge in [0.05, 0.1) is 11.7 Å². The zero-order valence-corrected chi connectivity index (χ0v) is 11.4. The molecule has 0 saturated carbocycles. The summed E-state index contributed by atoms with van der Waals surface area (Å²) < 4.78 is 5.99. The fourth-order valence-corrected chi connectivity index (χ4v) is 4.98. The SMILES string of the molecule is OC(c1ccsc1)C1CCOC2(CCSC2)C1.